The molecule has 30 heavy (non-hydrogen) atoms. The van der Waals surface area contributed by atoms with Gasteiger partial charge in [-0.2, -0.15) is 0 Å². The molecule has 0 spiro atoms. The lowest BCUT2D eigenvalue weighted by Crippen LogP contribution is -2.15. The van der Waals surface area contributed by atoms with Crippen LogP contribution in [0, 0.1) is 0 Å². The number of nitrogens with one attached hydrogen (secondary N) is 1. The summed E-state index contributed by atoms with van der Waals surface area (Å²) in [4.78, 5) is 22.2. The zero-order valence-electron chi connectivity index (χ0n) is 16.2. The molecule has 0 saturated heterocycles. The van der Waals surface area contributed by atoms with E-state index in [1.165, 1.54) is 11.8 Å². The summed E-state index contributed by atoms with van der Waals surface area (Å²) < 4.78 is 7.33. The molecule has 0 radical (unpaired) electrons. The number of para-hydroxylation sites is 5. The maximum Gasteiger partial charge on any atom is 0.234 e. The fourth-order valence-corrected chi connectivity index (χ4v) is 4.28. The van der Waals surface area contributed by atoms with Gasteiger partial charge in [-0.3, -0.25) is 9.20 Å². The van der Waals surface area contributed by atoms with Gasteiger partial charge in [-0.25, -0.2) is 9.97 Å². The van der Waals surface area contributed by atoms with Gasteiger partial charge in [0.25, 0.3) is 0 Å². The molecule has 0 fully saturated rings. The Hall–Kier alpha value is -3.58. The second-order valence-corrected chi connectivity index (χ2v) is 7.65. The van der Waals surface area contributed by atoms with E-state index in [-0.39, 0.29) is 11.7 Å². The number of benzene rings is 3. The van der Waals surface area contributed by atoms with E-state index in [4.69, 9.17) is 14.7 Å². The van der Waals surface area contributed by atoms with Crippen LogP contribution in [0.3, 0.4) is 0 Å². The average Bonchev–Trinajstić information content (AvgIpc) is 3.18. The number of anilines is 1. The molecule has 0 atom stereocenters. The van der Waals surface area contributed by atoms with Crippen LogP contribution in [0.25, 0.3) is 27.6 Å². The highest BCUT2D eigenvalue weighted by atomic mass is 32.2. The minimum atomic E-state index is -0.128. The number of thioether (sulfide) groups is 1. The van der Waals surface area contributed by atoms with Gasteiger partial charge in [0.15, 0.2) is 5.16 Å². The second kappa shape index (κ2) is 7.68. The van der Waals surface area contributed by atoms with Crippen LogP contribution >= 0.6 is 11.8 Å². The van der Waals surface area contributed by atoms with E-state index in [0.29, 0.717) is 11.4 Å². The molecule has 1 N–H and O–H groups in total. The fourth-order valence-electron chi connectivity index (χ4n) is 3.47. The lowest BCUT2D eigenvalue weighted by atomic mass is 10.2. The summed E-state index contributed by atoms with van der Waals surface area (Å²) in [5, 5.41) is 4.62. The Morgan fingerprint density at radius 1 is 0.967 bits per heavy atom. The number of aromatic nitrogens is 3. The minimum absolute atomic E-state index is 0.128. The number of imidazole rings is 1. The molecule has 7 heteroatoms. The van der Waals surface area contributed by atoms with Crippen molar-refractivity contribution in [3.05, 3.63) is 72.8 Å². The quantitative estimate of drug-likeness (QED) is 0.331. The predicted molar refractivity (Wildman–Crippen MR) is 120 cm³/mol. The highest BCUT2D eigenvalue weighted by Crippen LogP contribution is 2.29. The summed E-state index contributed by atoms with van der Waals surface area (Å²) in [5.74, 6) is 0.713. The molecule has 0 unspecified atom stereocenters. The first-order chi connectivity index (χ1) is 14.7. The molecule has 3 aromatic carbocycles. The van der Waals surface area contributed by atoms with Crippen molar-refractivity contribution in [2.75, 3.05) is 18.2 Å². The van der Waals surface area contributed by atoms with E-state index in [1.54, 1.807) is 7.11 Å². The van der Waals surface area contributed by atoms with Gasteiger partial charge in [0.1, 0.15) is 11.4 Å². The summed E-state index contributed by atoms with van der Waals surface area (Å²) >= 11 is 1.38. The first kappa shape index (κ1) is 18.4. The smallest absolute Gasteiger partial charge is 0.234 e. The van der Waals surface area contributed by atoms with Gasteiger partial charge in [-0.1, -0.05) is 48.2 Å². The molecule has 0 aliphatic carbocycles. The molecule has 5 rings (SSSR count). The van der Waals surface area contributed by atoms with Crippen molar-refractivity contribution in [1.82, 2.24) is 14.4 Å². The molecular formula is C23H18N4O2S. The van der Waals surface area contributed by atoms with E-state index in [0.717, 1.165) is 32.7 Å². The number of hydrogen-bond acceptors (Lipinski definition) is 5. The third kappa shape index (κ3) is 3.23. The van der Waals surface area contributed by atoms with Crippen LogP contribution in [0.4, 0.5) is 5.69 Å². The number of carbonyl (C=O) groups is 1. The summed E-state index contributed by atoms with van der Waals surface area (Å²) in [7, 11) is 1.58. The normalized spacial score (nSPS) is 11.2. The highest BCUT2D eigenvalue weighted by Gasteiger charge is 2.15. The van der Waals surface area contributed by atoms with Crippen LogP contribution in [-0.4, -0.2) is 33.1 Å². The van der Waals surface area contributed by atoms with Crippen molar-refractivity contribution in [2.45, 2.75) is 5.16 Å². The summed E-state index contributed by atoms with van der Waals surface area (Å²) in [6.07, 6.45) is 0. The lowest BCUT2D eigenvalue weighted by molar-refractivity contribution is -0.113. The Bertz CT molecular complexity index is 1400. The van der Waals surface area contributed by atoms with Gasteiger partial charge in [0, 0.05) is 5.39 Å². The summed E-state index contributed by atoms with van der Waals surface area (Å²) in [6, 6.07) is 23.2. The Labute approximate surface area is 176 Å². The SMILES string of the molecule is COc1ccccc1NC(=O)CSc1nc2ccccc2c2nc3ccccc3n12. The van der Waals surface area contributed by atoms with Gasteiger partial charge in [-0.15, -0.1) is 0 Å². The van der Waals surface area contributed by atoms with E-state index in [1.807, 2.05) is 77.2 Å². The number of fused-ring (bicyclic) bond motifs is 5. The third-order valence-electron chi connectivity index (χ3n) is 4.83. The molecule has 0 saturated carbocycles. The number of amides is 1. The average molecular weight is 414 g/mol. The number of methoxy groups -OCH3 is 1. The molecule has 2 aromatic heterocycles. The van der Waals surface area contributed by atoms with Crippen molar-refractivity contribution in [3.8, 4) is 5.75 Å². The van der Waals surface area contributed by atoms with E-state index in [2.05, 4.69) is 5.32 Å². The van der Waals surface area contributed by atoms with Crippen LogP contribution in [0.15, 0.2) is 78.0 Å². The molecule has 0 aliphatic rings. The van der Waals surface area contributed by atoms with Crippen LogP contribution < -0.4 is 10.1 Å². The Balaban J connectivity index is 1.51. The van der Waals surface area contributed by atoms with Crippen molar-refractivity contribution >= 4 is 50.9 Å². The number of nitrogens with zero attached hydrogens (tertiary/aromatic N) is 3. The maximum atomic E-state index is 12.6. The van der Waals surface area contributed by atoms with Crippen molar-refractivity contribution in [1.29, 1.82) is 0 Å². The zero-order valence-corrected chi connectivity index (χ0v) is 17.0. The summed E-state index contributed by atoms with van der Waals surface area (Å²) in [5.41, 5.74) is 4.21. The number of ether oxygens (including phenoxy) is 1. The van der Waals surface area contributed by atoms with Gasteiger partial charge in [-0.05, 0) is 36.4 Å². The van der Waals surface area contributed by atoms with Gasteiger partial charge in [0.2, 0.25) is 5.91 Å². The van der Waals surface area contributed by atoms with Crippen molar-refractivity contribution in [2.24, 2.45) is 0 Å². The Morgan fingerprint density at radius 3 is 2.57 bits per heavy atom. The number of rotatable bonds is 5. The fraction of sp³-hybridized carbons (Fsp3) is 0.0870. The van der Waals surface area contributed by atoms with Crippen LogP contribution in [0.2, 0.25) is 0 Å². The van der Waals surface area contributed by atoms with E-state index < -0.39 is 0 Å². The molecule has 2 heterocycles. The molecule has 5 aromatic rings. The molecule has 6 nitrogen and oxygen atoms in total. The van der Waals surface area contributed by atoms with Gasteiger partial charge in [0.05, 0.1) is 35.1 Å². The minimum Gasteiger partial charge on any atom is -0.495 e. The molecule has 148 valence electrons. The maximum absolute atomic E-state index is 12.6. The van der Waals surface area contributed by atoms with Gasteiger partial charge < -0.3 is 10.1 Å². The summed E-state index contributed by atoms with van der Waals surface area (Å²) in [6.45, 7) is 0. The van der Waals surface area contributed by atoms with Crippen LogP contribution in [-0.2, 0) is 4.79 Å². The predicted octanol–water partition coefficient (Wildman–Crippen LogP) is 4.78. The highest BCUT2D eigenvalue weighted by molar-refractivity contribution is 7.99. The third-order valence-corrected chi connectivity index (χ3v) is 5.77. The standard InChI is InChI=1S/C23H18N4O2S/c1-29-20-13-7-5-11-18(20)24-21(28)14-30-23-26-16-9-3-2-8-15(16)22-25-17-10-4-6-12-19(17)27(22)23/h2-13H,14H2,1H3,(H,24,28). The zero-order chi connectivity index (χ0) is 20.5. The molecule has 0 bridgehead atoms. The Kier molecular flexibility index (Phi) is 4.72. The molecular weight excluding hydrogens is 396 g/mol. The first-order valence-corrected chi connectivity index (χ1v) is 10.4. The van der Waals surface area contributed by atoms with Gasteiger partial charge >= 0.3 is 0 Å². The van der Waals surface area contributed by atoms with Crippen molar-refractivity contribution < 1.29 is 9.53 Å². The largest absolute Gasteiger partial charge is 0.495 e. The molecule has 1 amide bonds. The van der Waals surface area contributed by atoms with E-state index >= 15 is 0 Å². The monoisotopic (exact) mass is 414 g/mol. The molecule has 0 aliphatic heterocycles. The van der Waals surface area contributed by atoms with Crippen LogP contribution in [0.1, 0.15) is 0 Å². The topological polar surface area (TPSA) is 68.5 Å². The van der Waals surface area contributed by atoms with E-state index in [9.17, 15) is 4.79 Å². The second-order valence-electron chi connectivity index (χ2n) is 6.71. The first-order valence-electron chi connectivity index (χ1n) is 9.46. The lowest BCUT2D eigenvalue weighted by Gasteiger charge is -2.11. The Morgan fingerprint density at radius 2 is 1.70 bits per heavy atom. The number of hydrogen-bond donors (Lipinski definition) is 1. The number of carbonyl (C=O) groups excluding carboxylic acids is 1. The van der Waals surface area contributed by atoms with Crippen LogP contribution in [0.5, 0.6) is 5.75 Å². The van der Waals surface area contributed by atoms with Crippen molar-refractivity contribution in [3.63, 3.8) is 0 Å².